The van der Waals surface area contributed by atoms with Gasteiger partial charge < -0.3 is 14.8 Å². The molecule has 0 aromatic heterocycles. The van der Waals surface area contributed by atoms with Crippen LogP contribution in [0.4, 0.5) is 4.39 Å². The van der Waals surface area contributed by atoms with E-state index in [-0.39, 0.29) is 12.0 Å². The second-order valence-electron chi connectivity index (χ2n) is 5.07. The largest absolute Gasteiger partial charge is 0.496 e. The molecular formula is C18H18FNO4. The molecule has 1 amide bonds. The molecule has 5 nitrogen and oxygen atoms in total. The van der Waals surface area contributed by atoms with Crippen LogP contribution in [0.25, 0.3) is 0 Å². The number of esters is 1. The van der Waals surface area contributed by atoms with Gasteiger partial charge in [-0.25, -0.2) is 9.18 Å². The molecule has 2 rings (SSSR count). The van der Waals surface area contributed by atoms with Gasteiger partial charge in [-0.3, -0.25) is 4.79 Å². The molecule has 0 fully saturated rings. The molecule has 0 saturated carbocycles. The number of nitrogens with one attached hydrogen (secondary N) is 1. The molecule has 1 N–H and O–H groups in total. The van der Waals surface area contributed by atoms with E-state index in [1.54, 1.807) is 12.1 Å². The number of methoxy groups -OCH3 is 2. The SMILES string of the molecule is COC(=O)[C@H](Cc1ccccc1OC)NC(=O)c1ccc(F)cc1. The molecule has 0 spiro atoms. The molecule has 2 aromatic rings. The highest BCUT2D eigenvalue weighted by molar-refractivity contribution is 5.96. The first-order chi connectivity index (χ1) is 11.5. The van der Waals surface area contributed by atoms with Crippen molar-refractivity contribution in [3.63, 3.8) is 0 Å². The number of ether oxygens (including phenoxy) is 2. The minimum Gasteiger partial charge on any atom is -0.496 e. The highest BCUT2D eigenvalue weighted by atomic mass is 19.1. The lowest BCUT2D eigenvalue weighted by atomic mass is 10.0. The first-order valence-corrected chi connectivity index (χ1v) is 7.31. The Bertz CT molecular complexity index is 715. The number of amides is 1. The average molecular weight is 331 g/mol. The van der Waals surface area contributed by atoms with E-state index in [0.717, 1.165) is 5.56 Å². The van der Waals surface area contributed by atoms with E-state index in [2.05, 4.69) is 5.32 Å². The Morgan fingerprint density at radius 2 is 1.75 bits per heavy atom. The monoisotopic (exact) mass is 331 g/mol. The summed E-state index contributed by atoms with van der Waals surface area (Å²) in [5, 5.41) is 2.61. The minimum absolute atomic E-state index is 0.212. The molecule has 1 atom stereocenters. The van der Waals surface area contributed by atoms with Crippen LogP contribution in [0.3, 0.4) is 0 Å². The Labute approximate surface area is 139 Å². The summed E-state index contributed by atoms with van der Waals surface area (Å²) in [5.41, 5.74) is 1.01. The van der Waals surface area contributed by atoms with Gasteiger partial charge in [0.15, 0.2) is 0 Å². The van der Waals surface area contributed by atoms with E-state index in [1.807, 2.05) is 12.1 Å². The minimum atomic E-state index is -0.885. The second kappa shape index (κ2) is 8.10. The van der Waals surface area contributed by atoms with Gasteiger partial charge in [0, 0.05) is 12.0 Å². The van der Waals surface area contributed by atoms with Crippen LogP contribution in [0.1, 0.15) is 15.9 Å². The zero-order valence-electron chi connectivity index (χ0n) is 13.4. The molecule has 126 valence electrons. The third kappa shape index (κ3) is 4.32. The van der Waals surface area contributed by atoms with Crippen LogP contribution >= 0.6 is 0 Å². The predicted octanol–water partition coefficient (Wildman–Crippen LogP) is 2.35. The fourth-order valence-corrected chi connectivity index (χ4v) is 2.27. The number of hydrogen-bond acceptors (Lipinski definition) is 4. The van der Waals surface area contributed by atoms with Crippen molar-refractivity contribution in [2.75, 3.05) is 14.2 Å². The van der Waals surface area contributed by atoms with Crippen LogP contribution in [-0.4, -0.2) is 32.1 Å². The van der Waals surface area contributed by atoms with Crippen molar-refractivity contribution in [1.82, 2.24) is 5.32 Å². The molecule has 0 aliphatic heterocycles. The Morgan fingerprint density at radius 3 is 2.38 bits per heavy atom. The van der Waals surface area contributed by atoms with Crippen molar-refractivity contribution in [3.05, 3.63) is 65.5 Å². The van der Waals surface area contributed by atoms with Crippen molar-refractivity contribution in [1.29, 1.82) is 0 Å². The smallest absolute Gasteiger partial charge is 0.328 e. The zero-order chi connectivity index (χ0) is 17.5. The number of rotatable bonds is 6. The lowest BCUT2D eigenvalue weighted by Crippen LogP contribution is -2.43. The maximum atomic E-state index is 12.9. The average Bonchev–Trinajstić information content (AvgIpc) is 2.61. The van der Waals surface area contributed by atoms with Crippen molar-refractivity contribution >= 4 is 11.9 Å². The van der Waals surface area contributed by atoms with Gasteiger partial charge in [-0.15, -0.1) is 0 Å². The van der Waals surface area contributed by atoms with Gasteiger partial charge in [0.2, 0.25) is 0 Å². The Kier molecular flexibility index (Phi) is 5.89. The number of para-hydroxylation sites is 1. The number of benzene rings is 2. The summed E-state index contributed by atoms with van der Waals surface area (Å²) in [6.45, 7) is 0. The normalized spacial score (nSPS) is 11.5. The molecule has 0 saturated heterocycles. The van der Waals surface area contributed by atoms with Crippen LogP contribution in [0, 0.1) is 5.82 Å². The van der Waals surface area contributed by atoms with Crippen LogP contribution in [0.15, 0.2) is 48.5 Å². The molecule has 0 aliphatic carbocycles. The topological polar surface area (TPSA) is 64.6 Å². The highest BCUT2D eigenvalue weighted by Gasteiger charge is 2.23. The van der Waals surface area contributed by atoms with Crippen LogP contribution < -0.4 is 10.1 Å². The van der Waals surface area contributed by atoms with E-state index >= 15 is 0 Å². The van der Waals surface area contributed by atoms with Gasteiger partial charge in [0.25, 0.3) is 5.91 Å². The maximum absolute atomic E-state index is 12.9. The predicted molar refractivity (Wildman–Crippen MR) is 86.4 cm³/mol. The summed E-state index contributed by atoms with van der Waals surface area (Å²) in [7, 11) is 2.78. The molecule has 0 unspecified atom stereocenters. The Balaban J connectivity index is 2.18. The molecule has 0 heterocycles. The fraction of sp³-hybridized carbons (Fsp3) is 0.222. The molecule has 0 radical (unpaired) electrons. The van der Waals surface area contributed by atoms with Crippen LogP contribution in [0.5, 0.6) is 5.75 Å². The summed E-state index contributed by atoms with van der Waals surface area (Å²) < 4.78 is 23.0. The summed E-state index contributed by atoms with van der Waals surface area (Å²) in [4.78, 5) is 24.3. The van der Waals surface area contributed by atoms with Crippen molar-refractivity contribution < 1.29 is 23.5 Å². The van der Waals surface area contributed by atoms with Gasteiger partial charge in [-0.2, -0.15) is 0 Å². The fourth-order valence-electron chi connectivity index (χ4n) is 2.27. The summed E-state index contributed by atoms with van der Waals surface area (Å²) in [6, 6.07) is 11.4. The Morgan fingerprint density at radius 1 is 1.08 bits per heavy atom. The van der Waals surface area contributed by atoms with Crippen LogP contribution in [-0.2, 0) is 16.0 Å². The molecule has 24 heavy (non-hydrogen) atoms. The standard InChI is InChI=1S/C18H18FNO4/c1-23-16-6-4-3-5-13(16)11-15(18(22)24-2)20-17(21)12-7-9-14(19)10-8-12/h3-10,15H,11H2,1-2H3,(H,20,21)/t15-/m0/s1. The third-order valence-electron chi connectivity index (χ3n) is 3.51. The van der Waals surface area contributed by atoms with Gasteiger partial charge in [0.1, 0.15) is 17.6 Å². The van der Waals surface area contributed by atoms with Crippen molar-refractivity contribution in [2.24, 2.45) is 0 Å². The molecular weight excluding hydrogens is 313 g/mol. The van der Waals surface area contributed by atoms with Crippen molar-refractivity contribution in [3.8, 4) is 5.75 Å². The lowest BCUT2D eigenvalue weighted by molar-refractivity contribution is -0.142. The summed E-state index contributed by atoms with van der Waals surface area (Å²) in [5.74, 6) is -0.885. The quantitative estimate of drug-likeness (QED) is 0.825. The first-order valence-electron chi connectivity index (χ1n) is 7.31. The number of carbonyl (C=O) groups excluding carboxylic acids is 2. The molecule has 0 aliphatic rings. The molecule has 6 heteroatoms. The summed E-state index contributed by atoms with van der Waals surface area (Å²) >= 11 is 0. The zero-order valence-corrected chi connectivity index (χ0v) is 13.4. The van der Waals surface area contributed by atoms with Gasteiger partial charge in [-0.1, -0.05) is 18.2 Å². The molecule has 2 aromatic carbocycles. The second-order valence-corrected chi connectivity index (χ2v) is 5.07. The van der Waals surface area contributed by atoms with Gasteiger partial charge in [0.05, 0.1) is 14.2 Å². The number of hydrogen-bond donors (Lipinski definition) is 1. The van der Waals surface area contributed by atoms with E-state index < -0.39 is 23.7 Å². The van der Waals surface area contributed by atoms with E-state index in [1.165, 1.54) is 38.5 Å². The third-order valence-corrected chi connectivity index (χ3v) is 3.51. The van der Waals surface area contributed by atoms with Crippen LogP contribution in [0.2, 0.25) is 0 Å². The van der Waals surface area contributed by atoms with E-state index in [4.69, 9.17) is 9.47 Å². The highest BCUT2D eigenvalue weighted by Crippen LogP contribution is 2.19. The number of carbonyl (C=O) groups is 2. The van der Waals surface area contributed by atoms with Gasteiger partial charge in [-0.05, 0) is 35.9 Å². The number of halogens is 1. The first kappa shape index (κ1) is 17.5. The lowest BCUT2D eigenvalue weighted by Gasteiger charge is -2.18. The van der Waals surface area contributed by atoms with Gasteiger partial charge >= 0.3 is 5.97 Å². The van der Waals surface area contributed by atoms with Crippen molar-refractivity contribution in [2.45, 2.75) is 12.5 Å². The van der Waals surface area contributed by atoms with E-state index in [0.29, 0.717) is 5.75 Å². The molecule has 0 bridgehead atoms. The summed E-state index contributed by atoms with van der Waals surface area (Å²) in [6.07, 6.45) is 0.212. The Hall–Kier alpha value is -2.89. The van der Waals surface area contributed by atoms with E-state index in [9.17, 15) is 14.0 Å². The maximum Gasteiger partial charge on any atom is 0.328 e.